The summed E-state index contributed by atoms with van der Waals surface area (Å²) < 4.78 is 28.8. The molecule has 7 nitrogen and oxygen atoms in total. The Morgan fingerprint density at radius 1 is 0.872 bits per heavy atom. The summed E-state index contributed by atoms with van der Waals surface area (Å²) in [7, 11) is -4.08. The third-order valence-electron chi connectivity index (χ3n) is 6.49. The molecule has 3 aromatic carbocycles. The van der Waals surface area contributed by atoms with Crippen molar-refractivity contribution < 1.29 is 18.0 Å². The van der Waals surface area contributed by atoms with Crippen LogP contribution in [0.5, 0.6) is 0 Å². The van der Waals surface area contributed by atoms with Crippen LogP contribution >= 0.6 is 0 Å². The third-order valence-corrected chi connectivity index (χ3v) is 8.28. The first-order chi connectivity index (χ1) is 18.2. The van der Waals surface area contributed by atoms with Crippen LogP contribution in [0.25, 0.3) is 0 Å². The van der Waals surface area contributed by atoms with Gasteiger partial charge in [-0.25, -0.2) is 8.42 Å². The zero-order valence-electron chi connectivity index (χ0n) is 23.9. The maximum Gasteiger partial charge on any atom is 0.264 e. The smallest absolute Gasteiger partial charge is 0.264 e. The van der Waals surface area contributed by atoms with E-state index in [-0.39, 0.29) is 17.3 Å². The van der Waals surface area contributed by atoms with Crippen molar-refractivity contribution in [2.75, 3.05) is 10.8 Å². The number of hydrogen-bond donors (Lipinski definition) is 1. The number of amides is 2. The molecule has 0 heterocycles. The molecule has 0 aliphatic heterocycles. The van der Waals surface area contributed by atoms with Crippen LogP contribution in [0.2, 0.25) is 0 Å². The maximum absolute atomic E-state index is 14.0. The molecule has 3 rings (SSSR count). The van der Waals surface area contributed by atoms with E-state index in [2.05, 4.69) is 5.32 Å². The van der Waals surface area contributed by atoms with Crippen molar-refractivity contribution in [2.45, 2.75) is 71.5 Å². The number of anilines is 1. The van der Waals surface area contributed by atoms with Gasteiger partial charge < -0.3 is 10.2 Å². The first kappa shape index (κ1) is 29.9. The minimum absolute atomic E-state index is 0.0831. The number of sulfonamides is 1. The second-order valence-electron chi connectivity index (χ2n) is 11.0. The molecule has 8 heteroatoms. The molecule has 0 spiro atoms. The van der Waals surface area contributed by atoms with Gasteiger partial charge in [-0.1, -0.05) is 54.1 Å². The van der Waals surface area contributed by atoms with E-state index in [4.69, 9.17) is 0 Å². The van der Waals surface area contributed by atoms with Crippen LogP contribution in [0.15, 0.2) is 77.7 Å². The molecule has 1 atom stereocenters. The van der Waals surface area contributed by atoms with Gasteiger partial charge in [0, 0.05) is 12.1 Å². The monoisotopic (exact) mass is 549 g/mol. The summed E-state index contributed by atoms with van der Waals surface area (Å²) in [5, 5.41) is 2.94. The summed E-state index contributed by atoms with van der Waals surface area (Å²) in [5.41, 5.74) is 3.68. The minimum atomic E-state index is -4.08. The predicted octanol–water partition coefficient (Wildman–Crippen LogP) is 5.14. The number of benzene rings is 3. The molecular weight excluding hydrogens is 510 g/mol. The fourth-order valence-electron chi connectivity index (χ4n) is 4.19. The number of carbonyl (C=O) groups excluding carboxylic acids is 2. The van der Waals surface area contributed by atoms with Gasteiger partial charge in [0.25, 0.3) is 10.0 Å². The molecule has 0 aliphatic rings. The van der Waals surface area contributed by atoms with Gasteiger partial charge in [0.2, 0.25) is 11.8 Å². The van der Waals surface area contributed by atoms with E-state index >= 15 is 0 Å². The summed E-state index contributed by atoms with van der Waals surface area (Å²) in [6, 6.07) is 20.2. The molecule has 3 aromatic rings. The van der Waals surface area contributed by atoms with Crippen molar-refractivity contribution in [3.63, 3.8) is 0 Å². The predicted molar refractivity (Wildman–Crippen MR) is 156 cm³/mol. The van der Waals surface area contributed by atoms with Crippen molar-refractivity contribution in [2.24, 2.45) is 0 Å². The molecule has 2 amide bonds. The second-order valence-corrected chi connectivity index (χ2v) is 12.9. The Balaban J connectivity index is 2.05. The molecule has 208 valence electrons. The van der Waals surface area contributed by atoms with Gasteiger partial charge in [0.15, 0.2) is 0 Å². The van der Waals surface area contributed by atoms with Crippen molar-refractivity contribution in [3.05, 3.63) is 95.1 Å². The number of aryl methyl sites for hydroxylation is 3. The van der Waals surface area contributed by atoms with Crippen LogP contribution in [0.4, 0.5) is 5.69 Å². The maximum atomic E-state index is 14.0. The molecule has 0 radical (unpaired) electrons. The first-order valence-corrected chi connectivity index (χ1v) is 14.4. The highest BCUT2D eigenvalue weighted by Gasteiger charge is 2.33. The number of carbonyl (C=O) groups is 2. The fraction of sp³-hybridized carbons (Fsp3) is 0.355. The number of nitrogens with zero attached hydrogens (tertiary/aromatic N) is 2. The van der Waals surface area contributed by atoms with Gasteiger partial charge in [0.05, 0.1) is 10.6 Å². The van der Waals surface area contributed by atoms with E-state index in [0.29, 0.717) is 5.69 Å². The Labute approximate surface area is 232 Å². The molecule has 0 fully saturated rings. The van der Waals surface area contributed by atoms with E-state index in [0.717, 1.165) is 26.6 Å². The van der Waals surface area contributed by atoms with Gasteiger partial charge in [-0.2, -0.15) is 0 Å². The molecule has 1 unspecified atom stereocenters. The lowest BCUT2D eigenvalue weighted by Crippen LogP contribution is -2.54. The zero-order valence-corrected chi connectivity index (χ0v) is 24.7. The SMILES string of the molecule is Cc1cccc(CN(C(=O)CN(c2ccc(C)c(C)c2)S(=O)(=O)c2ccccc2)C(C)C(=O)NC(C)(C)C)c1. The van der Waals surface area contributed by atoms with Gasteiger partial charge in [0.1, 0.15) is 12.6 Å². The highest BCUT2D eigenvalue weighted by Crippen LogP contribution is 2.26. The largest absolute Gasteiger partial charge is 0.350 e. The second kappa shape index (κ2) is 12.0. The van der Waals surface area contributed by atoms with Crippen LogP contribution in [0.3, 0.4) is 0 Å². The Hall–Kier alpha value is -3.65. The van der Waals surface area contributed by atoms with Crippen molar-refractivity contribution in [3.8, 4) is 0 Å². The highest BCUT2D eigenvalue weighted by atomic mass is 32.2. The fourth-order valence-corrected chi connectivity index (χ4v) is 5.62. The summed E-state index contributed by atoms with van der Waals surface area (Å²) in [4.78, 5) is 28.7. The van der Waals surface area contributed by atoms with Crippen molar-refractivity contribution in [1.29, 1.82) is 0 Å². The number of hydrogen-bond acceptors (Lipinski definition) is 4. The lowest BCUT2D eigenvalue weighted by molar-refractivity contribution is -0.140. The van der Waals surface area contributed by atoms with E-state index in [1.807, 2.05) is 71.9 Å². The van der Waals surface area contributed by atoms with Crippen molar-refractivity contribution in [1.82, 2.24) is 10.2 Å². The van der Waals surface area contributed by atoms with E-state index in [1.165, 1.54) is 17.0 Å². The van der Waals surface area contributed by atoms with Gasteiger partial charge in [-0.15, -0.1) is 0 Å². The standard InChI is InChI=1S/C31H39N3O4S/c1-22-12-11-13-26(18-22)20-33(25(4)30(36)32-31(5,6)7)29(35)21-34(27-17-16-23(2)24(3)19-27)39(37,38)28-14-9-8-10-15-28/h8-19,25H,20-21H2,1-7H3,(H,32,36). The lowest BCUT2D eigenvalue weighted by Gasteiger charge is -2.33. The third kappa shape index (κ3) is 7.69. The molecule has 0 bridgehead atoms. The molecule has 0 saturated carbocycles. The molecule has 0 aromatic heterocycles. The van der Waals surface area contributed by atoms with Crippen LogP contribution < -0.4 is 9.62 Å². The summed E-state index contributed by atoms with van der Waals surface area (Å²) in [6.45, 7) is 12.8. The highest BCUT2D eigenvalue weighted by molar-refractivity contribution is 7.92. The van der Waals surface area contributed by atoms with E-state index in [1.54, 1.807) is 37.3 Å². The zero-order chi connectivity index (χ0) is 29.0. The first-order valence-electron chi connectivity index (χ1n) is 13.0. The number of rotatable bonds is 9. The van der Waals surface area contributed by atoms with Crippen LogP contribution in [0, 0.1) is 20.8 Å². The average Bonchev–Trinajstić information content (AvgIpc) is 2.86. The molecule has 0 aliphatic carbocycles. The Kier molecular flexibility index (Phi) is 9.22. The molecular formula is C31H39N3O4S. The summed E-state index contributed by atoms with van der Waals surface area (Å²) in [5.74, 6) is -0.794. The van der Waals surface area contributed by atoms with Crippen molar-refractivity contribution >= 4 is 27.5 Å². The van der Waals surface area contributed by atoms with Crippen LogP contribution in [-0.4, -0.2) is 43.3 Å². The minimum Gasteiger partial charge on any atom is -0.350 e. The Morgan fingerprint density at radius 2 is 1.54 bits per heavy atom. The topological polar surface area (TPSA) is 86.8 Å². The van der Waals surface area contributed by atoms with Crippen LogP contribution in [0.1, 0.15) is 49.9 Å². The normalized spacial score (nSPS) is 12.5. The van der Waals surface area contributed by atoms with E-state index < -0.39 is 34.1 Å². The average molecular weight is 550 g/mol. The molecule has 1 N–H and O–H groups in total. The van der Waals surface area contributed by atoms with Gasteiger partial charge in [-0.05, 0) is 89.4 Å². The lowest BCUT2D eigenvalue weighted by atomic mass is 10.1. The summed E-state index contributed by atoms with van der Waals surface area (Å²) in [6.07, 6.45) is 0. The Bertz CT molecular complexity index is 1430. The van der Waals surface area contributed by atoms with E-state index in [9.17, 15) is 18.0 Å². The quantitative estimate of drug-likeness (QED) is 0.401. The van der Waals surface area contributed by atoms with Gasteiger partial charge in [-0.3, -0.25) is 13.9 Å². The number of nitrogens with one attached hydrogen (secondary N) is 1. The van der Waals surface area contributed by atoms with Gasteiger partial charge >= 0.3 is 0 Å². The summed E-state index contributed by atoms with van der Waals surface area (Å²) >= 11 is 0. The molecule has 39 heavy (non-hydrogen) atoms. The van der Waals surface area contributed by atoms with Crippen LogP contribution in [-0.2, 0) is 26.2 Å². The molecule has 0 saturated heterocycles. The Morgan fingerprint density at radius 3 is 2.13 bits per heavy atom.